The van der Waals surface area contributed by atoms with Gasteiger partial charge in [-0.1, -0.05) is 24.4 Å². The number of ether oxygens (including phenoxy) is 1. The van der Waals surface area contributed by atoms with Gasteiger partial charge < -0.3 is 19.7 Å². The van der Waals surface area contributed by atoms with Gasteiger partial charge in [0.1, 0.15) is 34.4 Å². The number of hydrogen-bond donors (Lipinski definition) is 2. The number of nitrogens with zero attached hydrogens (tertiary/aromatic N) is 2. The highest BCUT2D eigenvalue weighted by molar-refractivity contribution is 8.16. The molecule has 0 radical (unpaired) electrons. The van der Waals surface area contributed by atoms with Crippen molar-refractivity contribution >= 4 is 28.4 Å². The second-order valence-electron chi connectivity index (χ2n) is 6.49. The summed E-state index contributed by atoms with van der Waals surface area (Å²) in [7, 11) is 0. The Kier molecular flexibility index (Phi) is 7.29. The minimum atomic E-state index is -1.02. The lowest BCUT2D eigenvalue weighted by Gasteiger charge is -2.24. The summed E-state index contributed by atoms with van der Waals surface area (Å²) in [6, 6.07) is 2.24. The lowest BCUT2D eigenvalue weighted by atomic mass is 10.0. The molecule has 8 nitrogen and oxygen atoms in total. The third kappa shape index (κ3) is 5.16. The molecule has 1 aliphatic heterocycles. The van der Waals surface area contributed by atoms with Crippen LogP contribution in [-0.2, 0) is 4.79 Å². The Morgan fingerprint density at radius 1 is 1.61 bits per heavy atom. The first-order valence-corrected chi connectivity index (χ1v) is 9.75. The van der Waals surface area contributed by atoms with Crippen molar-refractivity contribution in [3.05, 3.63) is 28.3 Å². The molecule has 1 aromatic heterocycles. The van der Waals surface area contributed by atoms with E-state index in [-0.39, 0.29) is 18.3 Å². The first-order valence-electron chi connectivity index (χ1n) is 8.77. The second-order valence-corrected chi connectivity index (χ2v) is 7.45. The molecule has 2 rings (SSSR count). The summed E-state index contributed by atoms with van der Waals surface area (Å²) < 4.78 is 10.6. The number of nitrogens with one attached hydrogen (secondary N) is 1. The molecule has 0 fully saturated rings. The number of aliphatic imine (C=N–C) groups is 1. The van der Waals surface area contributed by atoms with Gasteiger partial charge in [-0.05, 0) is 20.3 Å². The molecule has 2 atom stereocenters. The number of amides is 1. The largest absolute Gasteiger partial charge is 0.481 e. The molecule has 2 heterocycles. The number of terminal acetylenes is 1. The molecule has 0 aliphatic carbocycles. The van der Waals surface area contributed by atoms with Crippen molar-refractivity contribution in [3.8, 4) is 18.1 Å². The molecule has 0 spiro atoms. The number of carbonyl (C=O) groups is 1. The number of hydrogen-bond acceptors (Lipinski definition) is 8. The second kappa shape index (κ2) is 9.46. The Morgan fingerprint density at radius 2 is 2.36 bits per heavy atom. The van der Waals surface area contributed by atoms with Gasteiger partial charge in [0.05, 0.1) is 12.1 Å². The van der Waals surface area contributed by atoms with E-state index in [4.69, 9.17) is 20.8 Å². The Morgan fingerprint density at radius 3 is 3.00 bits per heavy atom. The zero-order valence-corrected chi connectivity index (χ0v) is 16.8. The van der Waals surface area contributed by atoms with Crippen molar-refractivity contribution in [2.45, 2.75) is 45.2 Å². The molecule has 28 heavy (non-hydrogen) atoms. The van der Waals surface area contributed by atoms with E-state index in [0.717, 1.165) is 6.42 Å². The van der Waals surface area contributed by atoms with E-state index in [1.54, 1.807) is 19.9 Å². The van der Waals surface area contributed by atoms with Gasteiger partial charge in [-0.25, -0.2) is 4.79 Å². The Hall–Kier alpha value is -2.73. The molecule has 1 aliphatic rings. The number of carbonyl (C=O) groups excluding carboxylic acids is 1. The van der Waals surface area contributed by atoms with Gasteiger partial charge in [0.2, 0.25) is 5.91 Å². The average Bonchev–Trinajstić information content (AvgIpc) is 3.08. The quantitative estimate of drug-likeness (QED) is 0.297. The molecule has 0 saturated heterocycles. The molecule has 9 heteroatoms. The Bertz CT molecular complexity index is 886. The van der Waals surface area contributed by atoms with Crippen molar-refractivity contribution < 1.29 is 19.2 Å². The minimum absolute atomic E-state index is 0.0201. The SMILES string of the molecule is C#CCOc1cc([C@@H](CCC)NC(=O)[C@]2(C)CSC(/C(C)=N\O)=N2)oc(=O)c1. The van der Waals surface area contributed by atoms with Gasteiger partial charge in [0, 0.05) is 11.8 Å². The highest BCUT2D eigenvalue weighted by atomic mass is 32.2. The van der Waals surface area contributed by atoms with Gasteiger partial charge in [0.15, 0.2) is 0 Å². The van der Waals surface area contributed by atoms with Crippen LogP contribution in [0.5, 0.6) is 5.75 Å². The smallest absolute Gasteiger partial charge is 0.339 e. The maximum Gasteiger partial charge on any atom is 0.339 e. The van der Waals surface area contributed by atoms with E-state index in [2.05, 4.69) is 21.4 Å². The normalized spacial score (nSPS) is 20.2. The third-order valence-electron chi connectivity index (χ3n) is 4.10. The van der Waals surface area contributed by atoms with Crippen LogP contribution in [0.2, 0.25) is 0 Å². The Balaban J connectivity index is 2.25. The van der Waals surface area contributed by atoms with Crippen LogP contribution in [0.3, 0.4) is 0 Å². The maximum atomic E-state index is 12.9. The zero-order valence-electron chi connectivity index (χ0n) is 16.0. The van der Waals surface area contributed by atoms with E-state index in [1.165, 1.54) is 17.8 Å². The summed E-state index contributed by atoms with van der Waals surface area (Å²) >= 11 is 1.35. The van der Waals surface area contributed by atoms with Crippen molar-refractivity contribution in [2.75, 3.05) is 12.4 Å². The molecule has 1 amide bonds. The van der Waals surface area contributed by atoms with E-state index in [1.807, 2.05) is 6.92 Å². The topological polar surface area (TPSA) is 113 Å². The first kappa shape index (κ1) is 21.6. The van der Waals surface area contributed by atoms with Crippen LogP contribution >= 0.6 is 11.8 Å². The fraction of sp³-hybridized carbons (Fsp3) is 0.474. The molecule has 0 saturated carbocycles. The summed E-state index contributed by atoms with van der Waals surface area (Å²) in [5, 5.41) is 15.5. The van der Waals surface area contributed by atoms with Crippen molar-refractivity contribution in [1.82, 2.24) is 5.32 Å². The van der Waals surface area contributed by atoms with Gasteiger partial charge in [-0.2, -0.15) is 0 Å². The van der Waals surface area contributed by atoms with Crippen LogP contribution in [0.15, 0.2) is 31.5 Å². The first-order chi connectivity index (χ1) is 13.3. The predicted molar refractivity (Wildman–Crippen MR) is 108 cm³/mol. The van der Waals surface area contributed by atoms with Crippen molar-refractivity contribution in [3.63, 3.8) is 0 Å². The highest BCUT2D eigenvalue weighted by Gasteiger charge is 2.40. The third-order valence-corrected chi connectivity index (χ3v) is 5.46. The summed E-state index contributed by atoms with van der Waals surface area (Å²) in [5.74, 6) is 3.02. The monoisotopic (exact) mass is 405 g/mol. The van der Waals surface area contributed by atoms with Gasteiger partial charge >= 0.3 is 5.63 Å². The lowest BCUT2D eigenvalue weighted by Crippen LogP contribution is -2.45. The summed E-state index contributed by atoms with van der Waals surface area (Å²) in [6.45, 7) is 5.30. The van der Waals surface area contributed by atoms with Crippen LogP contribution < -0.4 is 15.7 Å². The molecule has 0 aromatic carbocycles. The average molecular weight is 405 g/mol. The zero-order chi connectivity index (χ0) is 20.7. The molecular weight excluding hydrogens is 382 g/mol. The standard InChI is InChI=1S/C19H23N3O5S/c1-5-7-14(15-9-13(26-8-6-2)10-16(23)27-15)20-18(24)19(4)11-28-17(21-19)12(3)22-25/h2,9-10,14,25H,5,7-8,11H2,1,3-4H3,(H,20,24)/b22-12-/t14-,19+/m1/s1. The van der Waals surface area contributed by atoms with Crippen LogP contribution in [0.25, 0.3) is 0 Å². The van der Waals surface area contributed by atoms with Crippen molar-refractivity contribution in [2.24, 2.45) is 10.1 Å². The van der Waals surface area contributed by atoms with Crippen LogP contribution in [0.1, 0.15) is 45.4 Å². The van der Waals surface area contributed by atoms with Gasteiger partial charge in [-0.15, -0.1) is 18.2 Å². The van der Waals surface area contributed by atoms with E-state index in [0.29, 0.717) is 28.7 Å². The highest BCUT2D eigenvalue weighted by Crippen LogP contribution is 2.30. The number of oxime groups is 1. The van der Waals surface area contributed by atoms with Crippen LogP contribution in [0, 0.1) is 12.3 Å². The maximum absolute atomic E-state index is 12.9. The number of rotatable bonds is 8. The molecule has 2 N–H and O–H groups in total. The van der Waals surface area contributed by atoms with Crippen LogP contribution in [0.4, 0.5) is 0 Å². The van der Waals surface area contributed by atoms with Crippen molar-refractivity contribution in [1.29, 1.82) is 0 Å². The fourth-order valence-corrected chi connectivity index (χ4v) is 3.71. The molecule has 1 aromatic rings. The molecule has 0 unspecified atom stereocenters. The van der Waals surface area contributed by atoms with Gasteiger partial charge in [0.25, 0.3) is 0 Å². The van der Waals surface area contributed by atoms with E-state index in [9.17, 15) is 9.59 Å². The summed E-state index contributed by atoms with van der Waals surface area (Å²) in [4.78, 5) is 29.2. The molecule has 150 valence electrons. The van der Waals surface area contributed by atoms with Crippen LogP contribution in [-0.4, -0.2) is 39.8 Å². The summed E-state index contributed by atoms with van der Waals surface area (Å²) in [5.41, 5.74) is -1.25. The summed E-state index contributed by atoms with van der Waals surface area (Å²) in [6.07, 6.45) is 6.49. The predicted octanol–water partition coefficient (Wildman–Crippen LogP) is 2.36. The molecule has 0 bridgehead atoms. The van der Waals surface area contributed by atoms with Gasteiger partial charge in [-0.3, -0.25) is 9.79 Å². The Labute approximate surface area is 167 Å². The lowest BCUT2D eigenvalue weighted by molar-refractivity contribution is -0.125. The minimum Gasteiger partial charge on any atom is -0.481 e. The fourth-order valence-electron chi connectivity index (χ4n) is 2.58. The van der Waals surface area contributed by atoms with E-state index < -0.39 is 17.2 Å². The number of thioether (sulfide) groups is 1. The van der Waals surface area contributed by atoms with E-state index >= 15 is 0 Å². The molecular formula is C19H23N3O5S.